The van der Waals surface area contributed by atoms with Crippen molar-refractivity contribution in [3.63, 3.8) is 0 Å². The molecule has 0 saturated carbocycles. The fraction of sp³-hybridized carbons (Fsp3) is 0. The van der Waals surface area contributed by atoms with Crippen LogP contribution in [0.25, 0.3) is 12.2 Å². The molecule has 0 radical (unpaired) electrons. The van der Waals surface area contributed by atoms with E-state index in [-0.39, 0.29) is 57.9 Å². The lowest BCUT2D eigenvalue weighted by Gasteiger charge is -2.17. The van der Waals surface area contributed by atoms with E-state index in [1.807, 2.05) is 24.3 Å². The Balaban J connectivity index is 1.26. The van der Waals surface area contributed by atoms with Gasteiger partial charge >= 0.3 is 0 Å². The van der Waals surface area contributed by atoms with Crippen LogP contribution >= 0.6 is 0 Å². The molecule has 320 valence electrons. The van der Waals surface area contributed by atoms with Crippen molar-refractivity contribution in [3.8, 4) is 46.5 Å². The van der Waals surface area contributed by atoms with Gasteiger partial charge in [0.1, 0.15) is 32.8 Å². The molecule has 0 spiro atoms. The minimum Gasteiger partial charge on any atom is -0.439 e. The third-order valence-corrected chi connectivity index (χ3v) is 10.6. The molecule has 6 aromatic carbocycles. The van der Waals surface area contributed by atoms with Crippen LogP contribution in [0.4, 0.5) is 23.3 Å². The van der Waals surface area contributed by atoms with Crippen molar-refractivity contribution in [1.29, 1.82) is 0 Å². The van der Waals surface area contributed by atoms with Crippen molar-refractivity contribution < 1.29 is 44.9 Å². The van der Waals surface area contributed by atoms with E-state index in [4.69, 9.17) is 18.9 Å². The lowest BCUT2D eigenvalue weighted by atomic mass is 10.1. The minimum atomic E-state index is -5.08. The second-order valence-electron chi connectivity index (χ2n) is 13.4. The third kappa shape index (κ3) is 11.2. The van der Waals surface area contributed by atoms with E-state index >= 15 is 0 Å². The first-order valence-electron chi connectivity index (χ1n) is 19.1. The predicted octanol–water partition coefficient (Wildman–Crippen LogP) is 10.6. The number of nitrogens with one attached hydrogen (secondary N) is 2. The summed E-state index contributed by atoms with van der Waals surface area (Å²) in [6, 6.07) is 46.2. The van der Waals surface area contributed by atoms with Gasteiger partial charge in [-0.1, -0.05) is 103 Å². The molecular formula is C46H34N6O10S2. The van der Waals surface area contributed by atoms with E-state index in [0.717, 1.165) is 6.07 Å². The largest absolute Gasteiger partial charge is 0.439 e. The molecule has 0 aliphatic rings. The molecule has 4 N–H and O–H groups in total. The van der Waals surface area contributed by atoms with Gasteiger partial charge in [0.15, 0.2) is 0 Å². The number of rotatable bonds is 16. The minimum absolute atomic E-state index is 0.00192. The molecule has 2 heterocycles. The first kappa shape index (κ1) is 42.5. The molecule has 0 amide bonds. The average Bonchev–Trinajstić information content (AvgIpc) is 3.27. The summed E-state index contributed by atoms with van der Waals surface area (Å²) >= 11 is 0. The first-order chi connectivity index (χ1) is 30.9. The highest BCUT2D eigenvalue weighted by Gasteiger charge is 2.22. The Kier molecular flexibility index (Phi) is 12.5. The molecule has 8 aromatic rings. The highest BCUT2D eigenvalue weighted by atomic mass is 32.2. The maximum absolute atomic E-state index is 13.3. The highest BCUT2D eigenvalue weighted by Crippen LogP contribution is 2.36. The van der Waals surface area contributed by atoms with Crippen LogP contribution in [-0.4, -0.2) is 45.9 Å². The summed E-state index contributed by atoms with van der Waals surface area (Å²) in [5.74, 6) is 1.73. The van der Waals surface area contributed by atoms with Crippen LogP contribution in [-0.2, 0) is 20.2 Å². The Labute approximate surface area is 367 Å². The van der Waals surface area contributed by atoms with Crippen molar-refractivity contribution >= 4 is 55.7 Å². The van der Waals surface area contributed by atoms with Crippen LogP contribution < -0.4 is 29.6 Å². The van der Waals surface area contributed by atoms with Crippen LogP contribution in [0.5, 0.6) is 46.5 Å². The van der Waals surface area contributed by atoms with Gasteiger partial charge in [0.05, 0.1) is 17.8 Å². The van der Waals surface area contributed by atoms with Gasteiger partial charge in [-0.25, -0.2) is 0 Å². The van der Waals surface area contributed by atoms with Gasteiger partial charge in [-0.15, -0.1) is 0 Å². The smallest absolute Gasteiger partial charge is 0.295 e. The van der Waals surface area contributed by atoms with E-state index in [0.29, 0.717) is 23.0 Å². The third-order valence-electron chi connectivity index (χ3n) is 8.77. The van der Waals surface area contributed by atoms with E-state index in [2.05, 4.69) is 30.6 Å². The summed E-state index contributed by atoms with van der Waals surface area (Å²) in [5, 5.41) is 6.01. The normalized spacial score (nSPS) is 11.5. The number of aromatic nitrogens is 4. The quantitative estimate of drug-likeness (QED) is 0.0523. The number of hydrogen-bond donors (Lipinski definition) is 4. The van der Waals surface area contributed by atoms with Crippen molar-refractivity contribution in [2.75, 3.05) is 10.6 Å². The summed E-state index contributed by atoms with van der Waals surface area (Å²) in [5.41, 5.74) is -0.206. The van der Waals surface area contributed by atoms with E-state index in [9.17, 15) is 25.9 Å². The maximum Gasteiger partial charge on any atom is 0.295 e. The number of anilines is 4. The van der Waals surface area contributed by atoms with Crippen LogP contribution in [0.15, 0.2) is 180 Å². The number of ether oxygens (including phenoxy) is 4. The van der Waals surface area contributed by atoms with Gasteiger partial charge in [0.25, 0.3) is 20.2 Å². The topological polar surface area (TPSA) is 221 Å². The molecule has 8 rings (SSSR count). The molecule has 0 bridgehead atoms. The second kappa shape index (κ2) is 18.8. The fourth-order valence-electron chi connectivity index (χ4n) is 6.03. The summed E-state index contributed by atoms with van der Waals surface area (Å²) in [4.78, 5) is 16.9. The summed E-state index contributed by atoms with van der Waals surface area (Å²) in [6.07, 6.45) is 2.49. The lowest BCUT2D eigenvalue weighted by molar-refractivity contribution is 0.434. The number of para-hydroxylation sites is 4. The van der Waals surface area contributed by atoms with Crippen molar-refractivity contribution in [2.24, 2.45) is 0 Å². The van der Waals surface area contributed by atoms with Gasteiger partial charge in [-0.05, 0) is 72.3 Å². The average molecular weight is 895 g/mol. The van der Waals surface area contributed by atoms with Crippen molar-refractivity contribution in [3.05, 3.63) is 181 Å². The Morgan fingerprint density at radius 2 is 0.797 bits per heavy atom. The fourth-order valence-corrected chi connectivity index (χ4v) is 7.45. The molecule has 0 fully saturated rings. The molecule has 2 aromatic heterocycles. The van der Waals surface area contributed by atoms with E-state index in [1.165, 1.54) is 54.6 Å². The lowest BCUT2D eigenvalue weighted by Crippen LogP contribution is -2.08. The van der Waals surface area contributed by atoms with Gasteiger partial charge in [0, 0.05) is 11.3 Å². The number of benzene rings is 6. The molecule has 64 heavy (non-hydrogen) atoms. The highest BCUT2D eigenvalue weighted by molar-refractivity contribution is 7.86. The zero-order chi connectivity index (χ0) is 44.5. The first-order valence-corrected chi connectivity index (χ1v) is 21.9. The second-order valence-corrected chi connectivity index (χ2v) is 16.2. The van der Waals surface area contributed by atoms with Gasteiger partial charge < -0.3 is 29.6 Å². The molecule has 0 unspecified atom stereocenters. The van der Waals surface area contributed by atoms with Gasteiger partial charge in [0.2, 0.25) is 35.4 Å². The molecule has 0 aliphatic heterocycles. The SMILES string of the molecule is O=S(=O)(O)c1ccccc1C=Cc1c(Nc2nc(Oc3ccccc3)cc(Oc3ccccc3)n2)cc(Nc2nc(Oc3ccccc3)cc(Oc3ccccc3)n2)cc1S(=O)(=O)O. The van der Waals surface area contributed by atoms with Gasteiger partial charge in [-0.3, -0.25) is 9.11 Å². The molecule has 0 atom stereocenters. The molecule has 0 aliphatic carbocycles. The van der Waals surface area contributed by atoms with Crippen molar-refractivity contribution in [1.82, 2.24) is 19.9 Å². The Bertz CT molecular complexity index is 3050. The van der Waals surface area contributed by atoms with Crippen molar-refractivity contribution in [2.45, 2.75) is 9.79 Å². The summed E-state index contributed by atoms with van der Waals surface area (Å²) in [6.45, 7) is 0. The number of nitrogens with zero attached hydrogens (tertiary/aromatic N) is 4. The van der Waals surface area contributed by atoms with Gasteiger partial charge in [-0.2, -0.15) is 36.8 Å². The molecular weight excluding hydrogens is 861 g/mol. The summed E-state index contributed by atoms with van der Waals surface area (Å²) in [7, 11) is -9.79. The van der Waals surface area contributed by atoms with Crippen LogP contribution in [0.1, 0.15) is 11.1 Å². The Hall–Kier alpha value is -8.16. The Morgan fingerprint density at radius 1 is 0.422 bits per heavy atom. The molecule has 0 saturated heterocycles. The standard InChI is InChI=1S/C46H34N6O10S2/c53-63(54,55)39-24-14-13-15-31(39)25-26-37-38(48-46-51-43(61-35-20-9-3-10-21-35)30-44(52-46)62-36-22-11-4-12-23-36)27-32(28-40(37)64(56,57)58)47-45-49-41(59-33-16-5-1-6-17-33)29-42(50-45)60-34-18-7-2-8-19-34/h1-30H,(H,47,49,50)(H,48,51,52)(H,53,54,55)(H,56,57,58). The van der Waals surface area contributed by atoms with Crippen LogP contribution in [0.2, 0.25) is 0 Å². The Morgan fingerprint density at radius 3 is 1.20 bits per heavy atom. The molecule has 16 nitrogen and oxygen atoms in total. The van der Waals surface area contributed by atoms with Crippen LogP contribution in [0.3, 0.4) is 0 Å². The van der Waals surface area contributed by atoms with Crippen LogP contribution in [0, 0.1) is 0 Å². The predicted molar refractivity (Wildman–Crippen MR) is 238 cm³/mol. The zero-order valence-electron chi connectivity index (χ0n) is 33.1. The van der Waals surface area contributed by atoms with E-state index in [1.54, 1.807) is 97.1 Å². The number of hydrogen-bond acceptors (Lipinski definition) is 14. The summed E-state index contributed by atoms with van der Waals surface area (Å²) < 4.78 is 96.1. The zero-order valence-corrected chi connectivity index (χ0v) is 34.7. The molecule has 18 heteroatoms. The maximum atomic E-state index is 13.3. The van der Waals surface area contributed by atoms with E-state index < -0.39 is 30.0 Å². The monoisotopic (exact) mass is 894 g/mol.